The van der Waals surface area contributed by atoms with E-state index in [1.807, 2.05) is 30.3 Å². The van der Waals surface area contributed by atoms with Crippen LogP contribution in [-0.2, 0) is 0 Å². The minimum Gasteiger partial charge on any atom is -0.350 e. The molecule has 1 aromatic heterocycles. The van der Waals surface area contributed by atoms with Crippen LogP contribution in [0.4, 0.5) is 0 Å². The van der Waals surface area contributed by atoms with Gasteiger partial charge in [0.15, 0.2) is 5.69 Å². The first-order chi connectivity index (χ1) is 12.6. The number of hydrogen-bond acceptors (Lipinski definition) is 5. The Labute approximate surface area is 153 Å². The van der Waals surface area contributed by atoms with E-state index >= 15 is 0 Å². The van der Waals surface area contributed by atoms with Crippen LogP contribution in [0.5, 0.6) is 0 Å². The molecule has 0 aliphatic carbocycles. The van der Waals surface area contributed by atoms with Crippen molar-refractivity contribution in [1.29, 1.82) is 0 Å². The molecule has 0 saturated carbocycles. The molecule has 1 aliphatic heterocycles. The smallest absolute Gasteiger partial charge is 0.275 e. The lowest BCUT2D eigenvalue weighted by molar-refractivity contribution is 0.0943. The molecule has 138 valence electrons. The van der Waals surface area contributed by atoms with Crippen LogP contribution in [0.15, 0.2) is 41.2 Å². The van der Waals surface area contributed by atoms with Gasteiger partial charge >= 0.3 is 0 Å². The Morgan fingerprint density at radius 3 is 2.69 bits per heavy atom. The highest BCUT2D eigenvalue weighted by Gasteiger charge is 2.15. The first kappa shape index (κ1) is 18.3. The largest absolute Gasteiger partial charge is 0.350 e. The Morgan fingerprint density at radius 2 is 1.96 bits per heavy atom. The first-order valence-corrected chi connectivity index (χ1v) is 9.03. The van der Waals surface area contributed by atoms with Gasteiger partial charge in [0, 0.05) is 44.5 Å². The van der Waals surface area contributed by atoms with Crippen LogP contribution < -0.4 is 16.1 Å². The molecule has 3 rings (SSSR count). The van der Waals surface area contributed by atoms with Crippen molar-refractivity contribution in [1.82, 2.24) is 25.3 Å². The number of amides is 1. The summed E-state index contributed by atoms with van der Waals surface area (Å²) in [6, 6.07) is 10.9. The number of aryl methyl sites for hydroxylation is 1. The molecule has 1 aromatic carbocycles. The van der Waals surface area contributed by atoms with Gasteiger partial charge in [0.25, 0.3) is 5.91 Å². The summed E-state index contributed by atoms with van der Waals surface area (Å²) in [5.41, 5.74) is 1.09. The highest BCUT2D eigenvalue weighted by atomic mass is 16.2. The van der Waals surface area contributed by atoms with Gasteiger partial charge in [-0.3, -0.25) is 9.59 Å². The maximum Gasteiger partial charge on any atom is 0.275 e. The zero-order chi connectivity index (χ0) is 18.4. The third kappa shape index (κ3) is 4.56. The molecule has 0 radical (unpaired) electrons. The van der Waals surface area contributed by atoms with Crippen molar-refractivity contribution in [3.05, 3.63) is 58.0 Å². The fourth-order valence-electron chi connectivity index (χ4n) is 3.06. The van der Waals surface area contributed by atoms with Crippen molar-refractivity contribution in [2.75, 3.05) is 39.3 Å². The Balaban J connectivity index is 1.62. The van der Waals surface area contributed by atoms with Crippen LogP contribution in [0.3, 0.4) is 0 Å². The van der Waals surface area contributed by atoms with Crippen molar-refractivity contribution in [2.45, 2.75) is 13.3 Å². The van der Waals surface area contributed by atoms with Crippen LogP contribution in [0.1, 0.15) is 22.6 Å². The highest BCUT2D eigenvalue weighted by molar-refractivity contribution is 5.92. The minimum absolute atomic E-state index is 0.0679. The first-order valence-electron chi connectivity index (χ1n) is 9.03. The molecule has 0 bridgehead atoms. The lowest BCUT2D eigenvalue weighted by atomic mass is 10.2. The van der Waals surface area contributed by atoms with E-state index < -0.39 is 5.91 Å². The molecule has 1 fully saturated rings. The number of para-hydroxylation sites is 1. The van der Waals surface area contributed by atoms with E-state index in [1.54, 1.807) is 11.6 Å². The summed E-state index contributed by atoms with van der Waals surface area (Å²) in [5, 5.41) is 10.4. The quantitative estimate of drug-likeness (QED) is 0.741. The molecule has 2 heterocycles. The Kier molecular flexibility index (Phi) is 6.14. The van der Waals surface area contributed by atoms with Crippen molar-refractivity contribution in [3.63, 3.8) is 0 Å². The minimum atomic E-state index is -0.417. The summed E-state index contributed by atoms with van der Waals surface area (Å²) < 4.78 is 1.62. The maximum absolute atomic E-state index is 12.4. The summed E-state index contributed by atoms with van der Waals surface area (Å²) in [5.74, 6) is -0.417. The lowest BCUT2D eigenvalue weighted by Crippen LogP contribution is -2.44. The molecular formula is C19H25N5O2. The van der Waals surface area contributed by atoms with E-state index in [0.717, 1.165) is 44.8 Å². The fourth-order valence-corrected chi connectivity index (χ4v) is 3.06. The predicted molar refractivity (Wildman–Crippen MR) is 101 cm³/mol. The molecule has 7 nitrogen and oxygen atoms in total. The van der Waals surface area contributed by atoms with Crippen LogP contribution in [0.25, 0.3) is 5.69 Å². The van der Waals surface area contributed by atoms with Crippen molar-refractivity contribution < 1.29 is 4.79 Å². The maximum atomic E-state index is 12.4. The molecule has 1 saturated heterocycles. The van der Waals surface area contributed by atoms with Gasteiger partial charge in [-0.05, 0) is 32.0 Å². The average molecular weight is 355 g/mol. The molecule has 26 heavy (non-hydrogen) atoms. The number of nitrogens with zero attached hydrogens (tertiary/aromatic N) is 3. The van der Waals surface area contributed by atoms with Crippen molar-refractivity contribution >= 4 is 5.91 Å². The second-order valence-electron chi connectivity index (χ2n) is 6.45. The van der Waals surface area contributed by atoms with Gasteiger partial charge in [-0.15, -0.1) is 0 Å². The summed E-state index contributed by atoms with van der Waals surface area (Å²) >= 11 is 0. The number of hydrogen-bond donors (Lipinski definition) is 2. The molecule has 0 atom stereocenters. The molecule has 2 N–H and O–H groups in total. The van der Waals surface area contributed by atoms with Crippen molar-refractivity contribution in [2.24, 2.45) is 0 Å². The number of piperazine rings is 1. The van der Waals surface area contributed by atoms with Gasteiger partial charge in [-0.1, -0.05) is 18.2 Å². The third-order valence-electron chi connectivity index (χ3n) is 4.47. The zero-order valence-corrected chi connectivity index (χ0v) is 15.1. The van der Waals surface area contributed by atoms with Gasteiger partial charge < -0.3 is 15.5 Å². The number of rotatable bonds is 6. The summed E-state index contributed by atoms with van der Waals surface area (Å²) in [4.78, 5) is 27.0. The zero-order valence-electron chi connectivity index (χ0n) is 15.1. The van der Waals surface area contributed by atoms with Crippen LogP contribution in [0.2, 0.25) is 0 Å². The molecule has 1 amide bonds. The van der Waals surface area contributed by atoms with Gasteiger partial charge in [-0.25, -0.2) is 4.68 Å². The second kappa shape index (κ2) is 8.73. The van der Waals surface area contributed by atoms with E-state index in [9.17, 15) is 9.59 Å². The molecule has 0 unspecified atom stereocenters. The SMILES string of the molecule is Cc1cc(=O)c(C(=O)NCCCN2CCNCC2)nn1-c1ccccc1. The summed E-state index contributed by atoms with van der Waals surface area (Å²) in [6.45, 7) is 7.37. The van der Waals surface area contributed by atoms with Gasteiger partial charge in [0.2, 0.25) is 5.43 Å². The summed E-state index contributed by atoms with van der Waals surface area (Å²) in [7, 11) is 0. The van der Waals surface area contributed by atoms with Gasteiger partial charge in [0.1, 0.15) is 0 Å². The Bertz CT molecular complexity index is 797. The van der Waals surface area contributed by atoms with Crippen LogP contribution >= 0.6 is 0 Å². The van der Waals surface area contributed by atoms with Crippen LogP contribution in [0, 0.1) is 6.92 Å². The van der Waals surface area contributed by atoms with Crippen LogP contribution in [-0.4, -0.2) is 59.9 Å². The number of carbonyl (C=O) groups is 1. The number of benzene rings is 1. The van der Waals surface area contributed by atoms with E-state index in [4.69, 9.17) is 0 Å². The normalized spacial score (nSPS) is 15.0. The summed E-state index contributed by atoms with van der Waals surface area (Å²) in [6.07, 6.45) is 0.852. The van der Waals surface area contributed by atoms with E-state index in [1.165, 1.54) is 6.07 Å². The second-order valence-corrected chi connectivity index (χ2v) is 6.45. The molecule has 1 aliphatic rings. The highest BCUT2D eigenvalue weighted by Crippen LogP contribution is 2.07. The number of aromatic nitrogens is 2. The molecule has 0 spiro atoms. The van der Waals surface area contributed by atoms with Gasteiger partial charge in [0.05, 0.1) is 5.69 Å². The Morgan fingerprint density at radius 1 is 1.23 bits per heavy atom. The topological polar surface area (TPSA) is 79.3 Å². The van der Waals surface area contributed by atoms with E-state index in [0.29, 0.717) is 12.2 Å². The lowest BCUT2D eigenvalue weighted by Gasteiger charge is -2.27. The number of nitrogens with one attached hydrogen (secondary N) is 2. The molecular weight excluding hydrogens is 330 g/mol. The van der Waals surface area contributed by atoms with E-state index in [2.05, 4.69) is 20.6 Å². The fraction of sp³-hybridized carbons (Fsp3) is 0.421. The molecule has 2 aromatic rings. The standard InChI is InChI=1S/C19H25N5O2/c1-15-14-17(25)18(22-24(15)16-6-3-2-4-7-16)19(26)21-8-5-11-23-12-9-20-10-13-23/h2-4,6-7,14,20H,5,8-13H2,1H3,(H,21,26). The van der Waals surface area contributed by atoms with Crippen molar-refractivity contribution in [3.8, 4) is 5.69 Å². The van der Waals surface area contributed by atoms with Gasteiger partial charge in [-0.2, -0.15) is 5.10 Å². The van der Waals surface area contributed by atoms with E-state index in [-0.39, 0.29) is 11.1 Å². The number of carbonyl (C=O) groups excluding carboxylic acids is 1. The Hall–Kier alpha value is -2.51. The molecule has 7 heteroatoms. The average Bonchev–Trinajstić information content (AvgIpc) is 2.67. The predicted octanol–water partition coefficient (Wildman–Crippen LogP) is 0.566. The monoisotopic (exact) mass is 355 g/mol. The third-order valence-corrected chi connectivity index (χ3v) is 4.47.